The Morgan fingerprint density at radius 2 is 0.914 bits per heavy atom. The fourth-order valence-corrected chi connectivity index (χ4v) is 2.88. The van der Waals surface area contributed by atoms with Gasteiger partial charge in [-0.1, -0.05) is 0 Å². The molecular weight excluding hydrogens is 458 g/mol. The van der Waals surface area contributed by atoms with Crippen molar-refractivity contribution >= 4 is 17.5 Å². The zero-order valence-corrected chi connectivity index (χ0v) is 22.1. The molecule has 0 spiro atoms. The number of Topliss-reactive ketones (excluding diaryl/α,β-unsaturated/α-hetero) is 2. The van der Waals surface area contributed by atoms with Gasteiger partial charge < -0.3 is 42.9 Å². The van der Waals surface area contributed by atoms with E-state index in [9.17, 15) is 14.4 Å². The molecule has 0 unspecified atom stereocenters. The van der Waals surface area contributed by atoms with Gasteiger partial charge in [0.05, 0.1) is 65.9 Å². The first kappa shape index (κ1) is 33.6. The first-order valence-corrected chi connectivity index (χ1v) is 12.7. The molecule has 0 N–H and O–H groups in total. The van der Waals surface area contributed by atoms with Crippen LogP contribution in [0.3, 0.4) is 0 Å². The highest BCUT2D eigenvalue weighted by Gasteiger charge is 2.13. The van der Waals surface area contributed by atoms with Gasteiger partial charge in [0.2, 0.25) is 5.91 Å². The molecule has 0 aliphatic carbocycles. The topological polar surface area (TPSA) is 110 Å². The van der Waals surface area contributed by atoms with Gasteiger partial charge in [-0.05, 0) is 33.6 Å². The quantitative estimate of drug-likeness (QED) is 0.155. The Morgan fingerprint density at radius 3 is 1.34 bits per heavy atom. The van der Waals surface area contributed by atoms with E-state index in [4.69, 9.17) is 28.4 Å². The van der Waals surface area contributed by atoms with Gasteiger partial charge in [-0.25, -0.2) is 0 Å². The van der Waals surface area contributed by atoms with Gasteiger partial charge in [0, 0.05) is 45.8 Å². The molecule has 0 radical (unpaired) electrons. The summed E-state index contributed by atoms with van der Waals surface area (Å²) in [4.78, 5) is 36.3. The normalized spacial score (nSPS) is 11.1. The van der Waals surface area contributed by atoms with Crippen LogP contribution in [0.25, 0.3) is 0 Å². The number of amides is 1. The molecule has 0 saturated heterocycles. The summed E-state index contributed by atoms with van der Waals surface area (Å²) in [5.74, 6) is 0.250. The van der Waals surface area contributed by atoms with Crippen molar-refractivity contribution in [2.24, 2.45) is 0 Å². The fraction of sp³-hybridized carbons (Fsp3) is 0.880. The van der Waals surface area contributed by atoms with Crippen molar-refractivity contribution < 1.29 is 42.8 Å². The second kappa shape index (κ2) is 25.7. The number of ketones is 2. The Hall–Kier alpha value is -1.43. The Morgan fingerprint density at radius 1 is 0.514 bits per heavy atom. The van der Waals surface area contributed by atoms with Crippen molar-refractivity contribution in [2.75, 3.05) is 92.4 Å². The third kappa shape index (κ3) is 25.5. The van der Waals surface area contributed by atoms with Crippen molar-refractivity contribution in [1.82, 2.24) is 4.90 Å². The molecule has 10 nitrogen and oxygen atoms in total. The van der Waals surface area contributed by atoms with E-state index < -0.39 is 0 Å². The molecule has 1 amide bonds. The van der Waals surface area contributed by atoms with Crippen molar-refractivity contribution in [3.8, 4) is 0 Å². The van der Waals surface area contributed by atoms with Crippen molar-refractivity contribution in [3.63, 3.8) is 0 Å². The molecule has 0 bridgehead atoms. The summed E-state index contributed by atoms with van der Waals surface area (Å²) < 4.78 is 32.6. The molecule has 0 atom stereocenters. The predicted octanol–water partition coefficient (Wildman–Crippen LogP) is 2.06. The van der Waals surface area contributed by atoms with Crippen LogP contribution in [0.1, 0.15) is 52.9 Å². The lowest BCUT2D eigenvalue weighted by Crippen LogP contribution is -2.37. The number of nitrogens with zero attached hydrogens (tertiary/aromatic N) is 1. The smallest absolute Gasteiger partial charge is 0.225 e. The summed E-state index contributed by atoms with van der Waals surface area (Å²) in [5.41, 5.74) is 0. The maximum absolute atomic E-state index is 12.6. The van der Waals surface area contributed by atoms with E-state index in [1.54, 1.807) is 18.7 Å². The average Bonchev–Trinajstić information content (AvgIpc) is 2.82. The van der Waals surface area contributed by atoms with Crippen LogP contribution in [-0.4, -0.2) is 115 Å². The van der Waals surface area contributed by atoms with E-state index in [1.807, 2.05) is 6.92 Å². The minimum Gasteiger partial charge on any atom is -0.380 e. The van der Waals surface area contributed by atoms with E-state index >= 15 is 0 Å². The first-order chi connectivity index (χ1) is 17.0. The largest absolute Gasteiger partial charge is 0.380 e. The Kier molecular flexibility index (Phi) is 24.6. The molecule has 0 aliphatic heterocycles. The molecule has 35 heavy (non-hydrogen) atoms. The van der Waals surface area contributed by atoms with Gasteiger partial charge in [-0.2, -0.15) is 0 Å². The molecule has 0 fully saturated rings. The lowest BCUT2D eigenvalue weighted by Gasteiger charge is -2.23. The molecule has 0 saturated carbocycles. The van der Waals surface area contributed by atoms with Gasteiger partial charge in [-0.15, -0.1) is 0 Å². The second-order valence-electron chi connectivity index (χ2n) is 8.00. The number of hydrogen-bond acceptors (Lipinski definition) is 9. The molecule has 0 aliphatic rings. The van der Waals surface area contributed by atoms with Crippen molar-refractivity contribution in [3.05, 3.63) is 0 Å². The number of carbonyl (C=O) groups excluding carboxylic acids is 3. The number of hydrogen-bond donors (Lipinski definition) is 0. The molecule has 10 heteroatoms. The van der Waals surface area contributed by atoms with E-state index in [0.717, 1.165) is 0 Å². The zero-order valence-electron chi connectivity index (χ0n) is 22.1. The summed E-state index contributed by atoms with van der Waals surface area (Å²) >= 11 is 0. The van der Waals surface area contributed by atoms with Crippen molar-refractivity contribution in [1.29, 1.82) is 0 Å². The van der Waals surface area contributed by atoms with Gasteiger partial charge in [0.15, 0.2) is 0 Å². The Bertz CT molecular complexity index is 505. The molecule has 0 rings (SSSR count). The summed E-state index contributed by atoms with van der Waals surface area (Å²) in [6.45, 7) is 11.7. The van der Waals surface area contributed by atoms with Gasteiger partial charge >= 0.3 is 0 Å². The van der Waals surface area contributed by atoms with E-state index in [2.05, 4.69) is 0 Å². The maximum atomic E-state index is 12.6. The predicted molar refractivity (Wildman–Crippen MR) is 132 cm³/mol. The van der Waals surface area contributed by atoms with Crippen LogP contribution in [-0.2, 0) is 42.8 Å². The molecule has 0 aromatic carbocycles. The van der Waals surface area contributed by atoms with Crippen LogP contribution in [0.15, 0.2) is 0 Å². The van der Waals surface area contributed by atoms with Crippen LogP contribution < -0.4 is 0 Å². The molecule has 0 aromatic rings. The summed E-state index contributed by atoms with van der Waals surface area (Å²) in [5, 5.41) is 0. The highest BCUT2D eigenvalue weighted by atomic mass is 16.6. The highest BCUT2D eigenvalue weighted by Crippen LogP contribution is 1.99. The number of ether oxygens (including phenoxy) is 6. The SMILES string of the molecule is CCOCCOCCOCCOCCC(=O)N(CCOCCCC(C)=O)CCOCCCC(C)=O. The molecule has 0 aromatic heterocycles. The summed E-state index contributed by atoms with van der Waals surface area (Å²) in [7, 11) is 0. The van der Waals surface area contributed by atoms with E-state index in [-0.39, 0.29) is 23.9 Å². The van der Waals surface area contributed by atoms with Gasteiger partial charge in [0.25, 0.3) is 0 Å². The van der Waals surface area contributed by atoms with Crippen LogP contribution >= 0.6 is 0 Å². The lowest BCUT2D eigenvalue weighted by molar-refractivity contribution is -0.134. The third-order valence-electron chi connectivity index (χ3n) is 4.78. The third-order valence-corrected chi connectivity index (χ3v) is 4.78. The Balaban J connectivity index is 4.01. The lowest BCUT2D eigenvalue weighted by atomic mass is 10.2. The monoisotopic (exact) mass is 505 g/mol. The molecular formula is C25H47NO9. The van der Waals surface area contributed by atoms with Gasteiger partial charge in [0.1, 0.15) is 11.6 Å². The molecule has 206 valence electrons. The minimum atomic E-state index is -0.0340. The summed E-state index contributed by atoms with van der Waals surface area (Å²) in [6.07, 6.45) is 2.61. The highest BCUT2D eigenvalue weighted by molar-refractivity contribution is 5.76. The summed E-state index contributed by atoms with van der Waals surface area (Å²) in [6, 6.07) is 0. The van der Waals surface area contributed by atoms with Crippen LogP contribution in [0.4, 0.5) is 0 Å². The van der Waals surface area contributed by atoms with E-state index in [0.29, 0.717) is 118 Å². The Labute approximate surface area is 210 Å². The molecule has 0 heterocycles. The van der Waals surface area contributed by atoms with Gasteiger partial charge in [-0.3, -0.25) is 4.79 Å². The van der Waals surface area contributed by atoms with Crippen LogP contribution in [0.5, 0.6) is 0 Å². The zero-order chi connectivity index (χ0) is 26.0. The fourth-order valence-electron chi connectivity index (χ4n) is 2.88. The average molecular weight is 506 g/mol. The number of rotatable bonds is 27. The maximum Gasteiger partial charge on any atom is 0.225 e. The van der Waals surface area contributed by atoms with Crippen LogP contribution in [0.2, 0.25) is 0 Å². The minimum absolute atomic E-state index is 0.0340. The number of carbonyl (C=O) groups is 3. The first-order valence-electron chi connectivity index (χ1n) is 12.7. The standard InChI is InChI=1S/C25H47NO9/c1-4-30-17-18-34-21-22-35-20-19-33-14-9-25(29)26(10-15-31-12-5-7-23(2)27)11-16-32-13-6-8-24(3)28/h4-22H2,1-3H3. The van der Waals surface area contributed by atoms with Crippen molar-refractivity contribution in [2.45, 2.75) is 52.9 Å². The van der Waals surface area contributed by atoms with Crippen LogP contribution in [0, 0.1) is 0 Å². The second-order valence-corrected chi connectivity index (χ2v) is 8.00. The van der Waals surface area contributed by atoms with E-state index in [1.165, 1.54) is 0 Å².